The molecule has 0 saturated carbocycles. The summed E-state index contributed by atoms with van der Waals surface area (Å²) in [5.41, 5.74) is 6.57. The number of anilines is 1. The first kappa shape index (κ1) is 11.3. The molecule has 17 heavy (non-hydrogen) atoms. The number of hydrogen-bond acceptors (Lipinski definition) is 3. The van der Waals surface area contributed by atoms with Gasteiger partial charge >= 0.3 is 0 Å². The summed E-state index contributed by atoms with van der Waals surface area (Å²) in [6, 6.07) is 11.3. The minimum Gasteiger partial charge on any atom is -0.366 e. The van der Waals surface area contributed by atoms with Gasteiger partial charge < -0.3 is 11.1 Å². The van der Waals surface area contributed by atoms with Crippen LogP contribution in [0.5, 0.6) is 0 Å². The van der Waals surface area contributed by atoms with E-state index >= 15 is 0 Å². The second kappa shape index (κ2) is 4.80. The minimum atomic E-state index is -0.548. The molecule has 0 radical (unpaired) electrons. The van der Waals surface area contributed by atoms with Gasteiger partial charge in [0, 0.05) is 4.88 Å². The third-order valence-corrected chi connectivity index (χ3v) is 3.36. The molecule has 2 rings (SSSR count). The molecule has 0 fully saturated rings. The van der Waals surface area contributed by atoms with E-state index in [2.05, 4.69) is 5.32 Å². The Bertz CT molecular complexity index is 549. The molecule has 0 spiro atoms. The number of amides is 2. The van der Waals surface area contributed by atoms with Gasteiger partial charge in [-0.15, -0.1) is 11.3 Å². The number of hydrogen-bond donors (Lipinski definition) is 2. The van der Waals surface area contributed by atoms with E-state index in [0.717, 1.165) is 10.4 Å². The van der Waals surface area contributed by atoms with E-state index in [9.17, 15) is 9.59 Å². The van der Waals surface area contributed by atoms with Crippen molar-refractivity contribution in [1.29, 1.82) is 0 Å². The van der Waals surface area contributed by atoms with Crippen LogP contribution in [0, 0.1) is 0 Å². The summed E-state index contributed by atoms with van der Waals surface area (Å²) in [5, 5.41) is 2.96. The number of benzene rings is 1. The minimum absolute atomic E-state index is 0.334. The molecule has 0 aliphatic rings. The van der Waals surface area contributed by atoms with E-state index < -0.39 is 5.91 Å². The van der Waals surface area contributed by atoms with Crippen LogP contribution in [0.1, 0.15) is 10.4 Å². The van der Waals surface area contributed by atoms with Gasteiger partial charge in [-0.1, -0.05) is 30.3 Å². The SMILES string of the molecule is NC(=O)c1cc(-c2ccccc2)sc1NC=O. The number of primary amides is 1. The van der Waals surface area contributed by atoms with Crippen LogP contribution >= 0.6 is 11.3 Å². The Morgan fingerprint density at radius 2 is 2.00 bits per heavy atom. The fourth-order valence-electron chi connectivity index (χ4n) is 1.48. The number of rotatable bonds is 4. The first-order valence-corrected chi connectivity index (χ1v) is 5.73. The molecule has 0 atom stereocenters. The van der Waals surface area contributed by atoms with Gasteiger partial charge in [-0.05, 0) is 11.6 Å². The van der Waals surface area contributed by atoms with Crippen LogP contribution in [0.3, 0.4) is 0 Å². The fraction of sp³-hybridized carbons (Fsp3) is 0. The Kier molecular flexibility index (Phi) is 3.20. The van der Waals surface area contributed by atoms with E-state index in [0.29, 0.717) is 17.0 Å². The molecule has 1 aromatic carbocycles. The zero-order valence-electron chi connectivity index (χ0n) is 8.84. The largest absolute Gasteiger partial charge is 0.366 e. The van der Waals surface area contributed by atoms with Crippen molar-refractivity contribution in [3.05, 3.63) is 42.0 Å². The molecule has 0 bridgehead atoms. The normalized spacial score (nSPS) is 9.88. The summed E-state index contributed by atoms with van der Waals surface area (Å²) < 4.78 is 0. The zero-order valence-corrected chi connectivity index (χ0v) is 9.66. The first-order valence-electron chi connectivity index (χ1n) is 4.91. The monoisotopic (exact) mass is 246 g/mol. The molecular formula is C12H10N2O2S. The van der Waals surface area contributed by atoms with Gasteiger partial charge in [0.1, 0.15) is 5.00 Å². The summed E-state index contributed by atoms with van der Waals surface area (Å²) in [5.74, 6) is -0.548. The van der Waals surface area contributed by atoms with Gasteiger partial charge in [0.05, 0.1) is 5.56 Å². The maximum atomic E-state index is 11.2. The van der Waals surface area contributed by atoms with E-state index in [1.807, 2.05) is 30.3 Å². The molecule has 2 amide bonds. The van der Waals surface area contributed by atoms with Crippen molar-refractivity contribution in [2.24, 2.45) is 5.73 Å². The molecule has 1 heterocycles. The van der Waals surface area contributed by atoms with E-state index in [-0.39, 0.29) is 0 Å². The zero-order chi connectivity index (χ0) is 12.3. The van der Waals surface area contributed by atoms with Crippen LogP contribution < -0.4 is 11.1 Å². The number of nitrogens with one attached hydrogen (secondary N) is 1. The Morgan fingerprint density at radius 3 is 2.59 bits per heavy atom. The Morgan fingerprint density at radius 1 is 1.29 bits per heavy atom. The number of carbonyl (C=O) groups excluding carboxylic acids is 2. The lowest BCUT2D eigenvalue weighted by Crippen LogP contribution is -2.11. The molecule has 0 saturated heterocycles. The van der Waals surface area contributed by atoms with Gasteiger partial charge in [-0.2, -0.15) is 0 Å². The summed E-state index contributed by atoms with van der Waals surface area (Å²) >= 11 is 1.32. The van der Waals surface area contributed by atoms with Gasteiger partial charge in [0.2, 0.25) is 6.41 Å². The maximum Gasteiger partial charge on any atom is 0.251 e. The molecule has 1 aromatic heterocycles. The lowest BCUT2D eigenvalue weighted by Gasteiger charge is -1.95. The summed E-state index contributed by atoms with van der Waals surface area (Å²) in [6.07, 6.45) is 0.535. The van der Waals surface area contributed by atoms with E-state index in [4.69, 9.17) is 5.73 Å². The molecule has 0 unspecified atom stereocenters. The van der Waals surface area contributed by atoms with Crippen LogP contribution in [0.15, 0.2) is 36.4 Å². The standard InChI is InChI=1S/C12H10N2O2S/c13-11(16)9-6-10(17-12(9)14-7-15)8-4-2-1-3-5-8/h1-7H,(H2,13,16)(H,14,15). The van der Waals surface area contributed by atoms with Crippen molar-refractivity contribution < 1.29 is 9.59 Å². The summed E-state index contributed by atoms with van der Waals surface area (Å²) in [6.45, 7) is 0. The molecule has 2 aromatic rings. The topological polar surface area (TPSA) is 72.2 Å². The third kappa shape index (κ3) is 2.34. The van der Waals surface area contributed by atoms with Crippen LogP contribution in [0.2, 0.25) is 0 Å². The first-order chi connectivity index (χ1) is 8.22. The summed E-state index contributed by atoms with van der Waals surface area (Å²) in [4.78, 5) is 22.5. The Labute approximate surface area is 102 Å². The van der Waals surface area contributed by atoms with Crippen molar-refractivity contribution >= 4 is 28.7 Å². The molecule has 5 heteroatoms. The number of thiophene rings is 1. The second-order valence-corrected chi connectivity index (χ2v) is 4.40. The van der Waals surface area contributed by atoms with Crippen molar-refractivity contribution in [3.8, 4) is 10.4 Å². The molecule has 0 aliphatic heterocycles. The lowest BCUT2D eigenvalue weighted by atomic mass is 10.1. The third-order valence-electron chi connectivity index (χ3n) is 2.25. The van der Waals surface area contributed by atoms with Gasteiger partial charge in [0.25, 0.3) is 5.91 Å². The van der Waals surface area contributed by atoms with E-state index in [1.165, 1.54) is 11.3 Å². The van der Waals surface area contributed by atoms with Crippen molar-refractivity contribution in [2.75, 3.05) is 5.32 Å². The highest BCUT2D eigenvalue weighted by molar-refractivity contribution is 7.20. The Balaban J connectivity index is 2.47. The number of carbonyl (C=O) groups is 2. The summed E-state index contributed by atoms with van der Waals surface area (Å²) in [7, 11) is 0. The van der Waals surface area contributed by atoms with E-state index in [1.54, 1.807) is 6.07 Å². The highest BCUT2D eigenvalue weighted by atomic mass is 32.1. The molecular weight excluding hydrogens is 236 g/mol. The van der Waals surface area contributed by atoms with Crippen LogP contribution in [0.4, 0.5) is 5.00 Å². The van der Waals surface area contributed by atoms with Crippen LogP contribution in [-0.2, 0) is 4.79 Å². The predicted molar refractivity (Wildman–Crippen MR) is 68.0 cm³/mol. The number of nitrogens with two attached hydrogens (primary N) is 1. The highest BCUT2D eigenvalue weighted by Gasteiger charge is 2.13. The van der Waals surface area contributed by atoms with Crippen LogP contribution in [0.25, 0.3) is 10.4 Å². The quantitative estimate of drug-likeness (QED) is 0.811. The smallest absolute Gasteiger partial charge is 0.251 e. The molecule has 0 aliphatic carbocycles. The average Bonchev–Trinajstić information content (AvgIpc) is 2.75. The fourth-order valence-corrected chi connectivity index (χ4v) is 2.51. The van der Waals surface area contributed by atoms with Crippen LogP contribution in [-0.4, -0.2) is 12.3 Å². The van der Waals surface area contributed by atoms with Crippen molar-refractivity contribution in [2.45, 2.75) is 0 Å². The van der Waals surface area contributed by atoms with Gasteiger partial charge in [-0.3, -0.25) is 9.59 Å². The highest BCUT2D eigenvalue weighted by Crippen LogP contribution is 2.34. The Hall–Kier alpha value is -2.14. The van der Waals surface area contributed by atoms with Gasteiger partial charge in [0.15, 0.2) is 0 Å². The van der Waals surface area contributed by atoms with Crippen molar-refractivity contribution in [3.63, 3.8) is 0 Å². The predicted octanol–water partition coefficient (Wildman–Crippen LogP) is 2.08. The maximum absolute atomic E-state index is 11.2. The molecule has 86 valence electrons. The average molecular weight is 246 g/mol. The van der Waals surface area contributed by atoms with Gasteiger partial charge in [-0.25, -0.2) is 0 Å². The lowest BCUT2D eigenvalue weighted by molar-refractivity contribution is -0.105. The second-order valence-electron chi connectivity index (χ2n) is 3.35. The molecule has 3 N–H and O–H groups in total. The van der Waals surface area contributed by atoms with Crippen molar-refractivity contribution in [1.82, 2.24) is 0 Å². The molecule has 4 nitrogen and oxygen atoms in total.